The standard InChI is InChI=1S/C30H32F2N8O2/c1-16-9-17(10-23(34)27(16)38-29(41)42-4)20-7-8-35-14-25(20)37-28-36-13-19-5-6-24(39-40(19)28)26-21(31)11-18(12-22(26)32)30(2,3)15-33/h5-8,11-14,16-17,23,27H,9-10,34H2,1-4H3,(H,36,37)(H,38,41). The average molecular weight is 575 g/mol. The van der Waals surface area contributed by atoms with Crippen molar-refractivity contribution in [3.05, 3.63) is 71.7 Å². The van der Waals surface area contributed by atoms with E-state index in [9.17, 15) is 10.1 Å². The highest BCUT2D eigenvalue weighted by Gasteiger charge is 2.36. The first kappa shape index (κ1) is 28.9. The van der Waals surface area contributed by atoms with Crippen LogP contribution in [0, 0.1) is 28.9 Å². The van der Waals surface area contributed by atoms with E-state index in [0.717, 1.165) is 12.0 Å². The number of carbonyl (C=O) groups excluding carboxylic acids is 1. The zero-order valence-electron chi connectivity index (χ0n) is 23.7. The van der Waals surface area contributed by atoms with E-state index in [4.69, 9.17) is 10.5 Å². The molecule has 3 heterocycles. The lowest BCUT2D eigenvalue weighted by Gasteiger charge is -2.39. The lowest BCUT2D eigenvalue weighted by Crippen LogP contribution is -2.54. The maximum absolute atomic E-state index is 15.2. The van der Waals surface area contributed by atoms with E-state index in [1.165, 1.54) is 29.8 Å². The SMILES string of the molecule is COC(=O)NC1C(C)CC(c2ccncc2Nc2ncc3ccc(-c4c(F)cc(C(C)(C)C#N)cc4F)nn23)CC1N. The van der Waals surface area contributed by atoms with Gasteiger partial charge in [0.1, 0.15) is 11.6 Å². The van der Waals surface area contributed by atoms with E-state index >= 15 is 8.78 Å². The molecule has 1 fully saturated rings. The summed E-state index contributed by atoms with van der Waals surface area (Å²) in [6, 6.07) is 9.02. The smallest absolute Gasteiger partial charge is 0.407 e. The second-order valence-electron chi connectivity index (χ2n) is 11.2. The number of aromatic nitrogens is 4. The van der Waals surface area contributed by atoms with Crippen molar-refractivity contribution in [3.63, 3.8) is 0 Å². The van der Waals surface area contributed by atoms with Crippen LogP contribution in [0.2, 0.25) is 0 Å². The molecule has 12 heteroatoms. The highest BCUT2D eigenvalue weighted by Crippen LogP contribution is 2.39. The number of rotatable bonds is 6. The van der Waals surface area contributed by atoms with Crippen LogP contribution in [0.5, 0.6) is 0 Å². The fraction of sp³-hybridized carbons (Fsp3) is 0.367. The quantitative estimate of drug-likeness (QED) is 0.286. The number of imidazole rings is 1. The number of alkyl carbamates (subject to hydrolysis) is 1. The minimum atomic E-state index is -1.06. The normalized spacial score (nSPS) is 20.6. The topological polar surface area (TPSA) is 143 Å². The third-order valence-electron chi connectivity index (χ3n) is 7.98. The molecule has 3 aromatic heterocycles. The van der Waals surface area contributed by atoms with Gasteiger partial charge < -0.3 is 21.1 Å². The Balaban J connectivity index is 1.45. The molecule has 0 spiro atoms. The average Bonchev–Trinajstić information content (AvgIpc) is 3.36. The lowest BCUT2D eigenvalue weighted by molar-refractivity contribution is 0.149. The van der Waals surface area contributed by atoms with Gasteiger partial charge in [0.25, 0.3) is 0 Å². The number of amides is 1. The molecule has 1 aliphatic rings. The Bertz CT molecular complexity index is 1650. The molecule has 5 rings (SSSR count). The summed E-state index contributed by atoms with van der Waals surface area (Å²) in [6.07, 6.45) is 5.87. The molecule has 0 radical (unpaired) electrons. The Morgan fingerprint density at radius 1 is 1.19 bits per heavy atom. The van der Waals surface area contributed by atoms with E-state index in [1.54, 1.807) is 38.5 Å². The summed E-state index contributed by atoms with van der Waals surface area (Å²) in [6.45, 7) is 5.24. The van der Waals surface area contributed by atoms with Crippen LogP contribution >= 0.6 is 0 Å². The summed E-state index contributed by atoms with van der Waals surface area (Å²) in [5, 5.41) is 20.0. The van der Waals surface area contributed by atoms with Crippen LogP contribution in [0.4, 0.5) is 25.2 Å². The summed E-state index contributed by atoms with van der Waals surface area (Å²) in [5.74, 6) is -1.13. The number of anilines is 2. The molecule has 1 aromatic carbocycles. The van der Waals surface area contributed by atoms with Gasteiger partial charge in [-0.2, -0.15) is 14.9 Å². The van der Waals surface area contributed by atoms with E-state index in [1.807, 2.05) is 13.0 Å². The lowest BCUT2D eigenvalue weighted by atomic mass is 9.73. The van der Waals surface area contributed by atoms with Crippen LogP contribution in [0.25, 0.3) is 16.8 Å². The second-order valence-corrected chi connectivity index (χ2v) is 11.2. The molecule has 0 bridgehead atoms. The number of fused-ring (bicyclic) bond motifs is 1. The molecule has 4 unspecified atom stereocenters. The first-order chi connectivity index (χ1) is 20.0. The molecule has 4 N–H and O–H groups in total. The molecular weight excluding hydrogens is 542 g/mol. The van der Waals surface area contributed by atoms with Crippen LogP contribution < -0.4 is 16.4 Å². The maximum atomic E-state index is 15.2. The molecule has 1 amide bonds. The molecule has 1 aliphatic carbocycles. The second kappa shape index (κ2) is 11.3. The molecule has 218 valence electrons. The zero-order valence-corrected chi connectivity index (χ0v) is 23.7. The van der Waals surface area contributed by atoms with Gasteiger partial charge in [0, 0.05) is 18.3 Å². The van der Waals surface area contributed by atoms with Gasteiger partial charge >= 0.3 is 6.09 Å². The predicted octanol–water partition coefficient (Wildman–Crippen LogP) is 5.18. The summed E-state index contributed by atoms with van der Waals surface area (Å²) >= 11 is 0. The molecule has 0 saturated heterocycles. The van der Waals surface area contributed by atoms with Crippen LogP contribution in [0.3, 0.4) is 0 Å². The van der Waals surface area contributed by atoms with Gasteiger partial charge in [-0.3, -0.25) is 4.98 Å². The Morgan fingerprint density at radius 3 is 2.60 bits per heavy atom. The maximum Gasteiger partial charge on any atom is 0.407 e. The fourth-order valence-electron chi connectivity index (χ4n) is 5.62. The molecule has 42 heavy (non-hydrogen) atoms. The third-order valence-corrected chi connectivity index (χ3v) is 7.98. The minimum absolute atomic E-state index is 0.0718. The van der Waals surface area contributed by atoms with Gasteiger partial charge in [-0.05, 0) is 80.0 Å². The number of nitrogens with one attached hydrogen (secondary N) is 2. The third kappa shape index (κ3) is 5.47. The van der Waals surface area contributed by atoms with Gasteiger partial charge in [0.15, 0.2) is 0 Å². The van der Waals surface area contributed by atoms with Crippen LogP contribution in [-0.2, 0) is 10.2 Å². The molecule has 4 aromatic rings. The molecule has 4 atom stereocenters. The zero-order chi connectivity index (χ0) is 30.2. The van der Waals surface area contributed by atoms with Crippen molar-refractivity contribution >= 4 is 23.2 Å². The summed E-state index contributed by atoms with van der Waals surface area (Å²) in [4.78, 5) is 20.5. The van der Waals surface area contributed by atoms with Crippen molar-refractivity contribution in [3.8, 4) is 17.3 Å². The van der Waals surface area contributed by atoms with Crippen LogP contribution in [0.15, 0.2) is 48.9 Å². The van der Waals surface area contributed by atoms with Gasteiger partial charge in [0.05, 0.1) is 53.4 Å². The minimum Gasteiger partial charge on any atom is -0.453 e. The number of benzene rings is 1. The Kier molecular flexibility index (Phi) is 7.79. The number of hydrogen-bond donors (Lipinski definition) is 3. The van der Waals surface area contributed by atoms with E-state index in [2.05, 4.69) is 31.8 Å². The van der Waals surface area contributed by atoms with Gasteiger partial charge in [-0.15, -0.1) is 0 Å². The van der Waals surface area contributed by atoms with Gasteiger partial charge in [0.2, 0.25) is 5.95 Å². The van der Waals surface area contributed by atoms with Gasteiger partial charge in [-0.25, -0.2) is 18.6 Å². The van der Waals surface area contributed by atoms with E-state index in [0.29, 0.717) is 23.6 Å². The number of pyridine rings is 1. The highest BCUT2D eigenvalue weighted by molar-refractivity contribution is 5.68. The van der Waals surface area contributed by atoms with Crippen molar-refractivity contribution in [1.29, 1.82) is 5.26 Å². The Labute approximate surface area is 241 Å². The van der Waals surface area contributed by atoms with Crippen molar-refractivity contribution in [1.82, 2.24) is 24.9 Å². The molecule has 1 saturated carbocycles. The summed E-state index contributed by atoms with van der Waals surface area (Å²) in [7, 11) is 1.32. The van der Waals surface area contributed by atoms with Gasteiger partial charge in [-0.1, -0.05) is 6.92 Å². The highest BCUT2D eigenvalue weighted by atomic mass is 19.1. The number of carbonyl (C=O) groups is 1. The van der Waals surface area contributed by atoms with Crippen LogP contribution in [-0.4, -0.2) is 44.9 Å². The van der Waals surface area contributed by atoms with E-state index < -0.39 is 23.1 Å². The van der Waals surface area contributed by atoms with Crippen LogP contribution in [0.1, 0.15) is 50.7 Å². The number of halogens is 2. The largest absolute Gasteiger partial charge is 0.453 e. The number of ether oxygens (including phenoxy) is 1. The van der Waals surface area contributed by atoms with Crippen molar-refractivity contribution in [2.24, 2.45) is 11.7 Å². The van der Waals surface area contributed by atoms with Crippen molar-refractivity contribution < 1.29 is 18.3 Å². The summed E-state index contributed by atoms with van der Waals surface area (Å²) < 4.78 is 36.6. The van der Waals surface area contributed by atoms with E-state index in [-0.39, 0.29) is 40.7 Å². The molecular formula is C30H32F2N8O2. The molecule has 10 nitrogen and oxygen atoms in total. The first-order valence-corrected chi connectivity index (χ1v) is 13.6. The number of nitrogens with zero attached hydrogens (tertiary/aromatic N) is 5. The van der Waals surface area contributed by atoms with Crippen molar-refractivity contribution in [2.75, 3.05) is 12.4 Å². The predicted molar refractivity (Wildman–Crippen MR) is 153 cm³/mol. The number of nitrogens with two attached hydrogens (primary N) is 1. The first-order valence-electron chi connectivity index (χ1n) is 13.6. The monoisotopic (exact) mass is 574 g/mol. The Morgan fingerprint density at radius 2 is 1.93 bits per heavy atom. The Hall–Kier alpha value is -4.63. The molecule has 0 aliphatic heterocycles. The summed E-state index contributed by atoms with van der Waals surface area (Å²) in [5.41, 5.74) is 7.73. The number of methoxy groups -OCH3 is 1. The number of hydrogen-bond acceptors (Lipinski definition) is 8. The number of nitriles is 1. The fourth-order valence-corrected chi connectivity index (χ4v) is 5.62. The van der Waals surface area contributed by atoms with Crippen molar-refractivity contribution in [2.45, 2.75) is 57.0 Å².